The van der Waals surface area contributed by atoms with Gasteiger partial charge in [-0.25, -0.2) is 4.39 Å². The van der Waals surface area contributed by atoms with Crippen molar-refractivity contribution in [3.05, 3.63) is 53.8 Å². The minimum atomic E-state index is -0.446. The van der Waals surface area contributed by atoms with E-state index in [1.54, 1.807) is 6.07 Å². The molecule has 112 valence electrons. The number of hydrogen-bond acceptors (Lipinski definition) is 3. The van der Waals surface area contributed by atoms with E-state index in [1.807, 2.05) is 18.2 Å². The molecule has 0 aliphatic heterocycles. The number of halogens is 1. The molecule has 0 heterocycles. The van der Waals surface area contributed by atoms with E-state index in [1.165, 1.54) is 18.7 Å². The number of nitrogens with one attached hydrogen (secondary N) is 1. The van der Waals surface area contributed by atoms with Crippen molar-refractivity contribution < 1.29 is 9.13 Å². The minimum Gasteiger partial charge on any atom is -0.494 e. The lowest BCUT2D eigenvalue weighted by Gasteiger charge is -2.15. The van der Waals surface area contributed by atoms with Gasteiger partial charge in [-0.15, -0.1) is 0 Å². The Hall–Kier alpha value is -2.23. The van der Waals surface area contributed by atoms with Crippen LogP contribution >= 0.6 is 0 Å². The first-order valence-electron chi connectivity index (χ1n) is 7.03. The summed E-state index contributed by atoms with van der Waals surface area (Å²) >= 11 is 0. The summed E-state index contributed by atoms with van der Waals surface area (Å²) in [4.78, 5) is 0. The van der Waals surface area contributed by atoms with Gasteiger partial charge >= 0.3 is 0 Å². The highest BCUT2D eigenvalue weighted by atomic mass is 19.1. The van der Waals surface area contributed by atoms with Gasteiger partial charge in [0.15, 0.2) is 11.6 Å². The van der Waals surface area contributed by atoms with Gasteiger partial charge in [-0.3, -0.25) is 0 Å². The minimum absolute atomic E-state index is 0.197. The van der Waals surface area contributed by atoms with Crippen LogP contribution in [0.4, 0.5) is 15.8 Å². The summed E-state index contributed by atoms with van der Waals surface area (Å²) in [7, 11) is 1.44. The molecule has 3 nitrogen and oxygen atoms in total. The summed E-state index contributed by atoms with van der Waals surface area (Å²) in [5.74, 6) is 0.197. The Morgan fingerprint density at radius 1 is 1.24 bits per heavy atom. The predicted molar refractivity (Wildman–Crippen MR) is 85.3 cm³/mol. The molecule has 0 radical (unpaired) electrons. The van der Waals surface area contributed by atoms with Crippen LogP contribution in [0, 0.1) is 5.82 Å². The lowest BCUT2D eigenvalue weighted by atomic mass is 9.98. The van der Waals surface area contributed by atoms with E-state index < -0.39 is 5.82 Å². The fourth-order valence-electron chi connectivity index (χ4n) is 2.25. The number of methoxy groups -OCH3 is 1. The lowest BCUT2D eigenvalue weighted by molar-refractivity contribution is 0.387. The molecule has 21 heavy (non-hydrogen) atoms. The molecule has 0 saturated carbocycles. The first-order chi connectivity index (χ1) is 10.1. The molecule has 0 spiro atoms. The molecule has 0 aliphatic carbocycles. The molecule has 0 aromatic heterocycles. The third-order valence-corrected chi connectivity index (χ3v) is 3.59. The zero-order chi connectivity index (χ0) is 15.2. The molecule has 0 fully saturated rings. The Morgan fingerprint density at radius 3 is 2.62 bits per heavy atom. The number of ether oxygens (including phenoxy) is 1. The Bertz CT molecular complexity index is 587. The second-order valence-electron chi connectivity index (χ2n) is 5.10. The van der Waals surface area contributed by atoms with Gasteiger partial charge in [0.1, 0.15) is 0 Å². The van der Waals surface area contributed by atoms with E-state index in [4.69, 9.17) is 10.5 Å². The van der Waals surface area contributed by atoms with Crippen molar-refractivity contribution in [2.75, 3.05) is 24.7 Å². The Kier molecular flexibility index (Phi) is 5.04. The van der Waals surface area contributed by atoms with E-state index in [0.717, 1.165) is 13.0 Å². The van der Waals surface area contributed by atoms with Crippen molar-refractivity contribution in [1.82, 2.24) is 0 Å². The third-order valence-electron chi connectivity index (χ3n) is 3.59. The molecule has 2 rings (SSSR count). The topological polar surface area (TPSA) is 47.3 Å². The molecule has 0 bridgehead atoms. The van der Waals surface area contributed by atoms with Crippen molar-refractivity contribution in [2.24, 2.45) is 0 Å². The van der Waals surface area contributed by atoms with Gasteiger partial charge in [0, 0.05) is 18.7 Å². The SMILES string of the molecule is COc1cc(NCCC(C)c2ccccc2)c(N)cc1F. The van der Waals surface area contributed by atoms with Crippen LogP contribution in [-0.2, 0) is 0 Å². The summed E-state index contributed by atoms with van der Waals surface area (Å²) in [6.07, 6.45) is 0.961. The van der Waals surface area contributed by atoms with Gasteiger partial charge in [-0.1, -0.05) is 37.3 Å². The van der Waals surface area contributed by atoms with Crippen LogP contribution in [0.5, 0.6) is 5.75 Å². The molecule has 4 heteroatoms. The number of hydrogen-bond donors (Lipinski definition) is 2. The molecule has 0 aliphatic rings. The number of anilines is 2. The smallest absolute Gasteiger partial charge is 0.167 e. The molecular formula is C17H21FN2O. The maximum absolute atomic E-state index is 13.5. The average molecular weight is 288 g/mol. The first-order valence-corrected chi connectivity index (χ1v) is 7.03. The summed E-state index contributed by atoms with van der Waals surface area (Å²) < 4.78 is 18.4. The van der Waals surface area contributed by atoms with Crippen LogP contribution in [0.2, 0.25) is 0 Å². The fraction of sp³-hybridized carbons (Fsp3) is 0.294. The van der Waals surface area contributed by atoms with Crippen molar-refractivity contribution in [2.45, 2.75) is 19.3 Å². The zero-order valence-electron chi connectivity index (χ0n) is 12.4. The van der Waals surface area contributed by atoms with E-state index in [0.29, 0.717) is 17.3 Å². The highest BCUT2D eigenvalue weighted by molar-refractivity contribution is 5.68. The van der Waals surface area contributed by atoms with Crippen LogP contribution in [0.1, 0.15) is 24.8 Å². The van der Waals surface area contributed by atoms with Gasteiger partial charge in [-0.2, -0.15) is 0 Å². The van der Waals surface area contributed by atoms with Crippen LogP contribution in [0.15, 0.2) is 42.5 Å². The van der Waals surface area contributed by atoms with Crippen molar-refractivity contribution >= 4 is 11.4 Å². The van der Waals surface area contributed by atoms with Gasteiger partial charge in [0.05, 0.1) is 18.5 Å². The van der Waals surface area contributed by atoms with Crippen LogP contribution in [0.25, 0.3) is 0 Å². The van der Waals surface area contributed by atoms with Gasteiger partial charge in [0.2, 0.25) is 0 Å². The molecule has 2 aromatic carbocycles. The number of nitrogens with two attached hydrogens (primary N) is 1. The highest BCUT2D eigenvalue weighted by Crippen LogP contribution is 2.28. The van der Waals surface area contributed by atoms with Crippen LogP contribution < -0.4 is 15.8 Å². The molecule has 1 atom stereocenters. The monoisotopic (exact) mass is 288 g/mol. The molecule has 2 aromatic rings. The maximum Gasteiger partial charge on any atom is 0.167 e. The Morgan fingerprint density at radius 2 is 1.95 bits per heavy atom. The van der Waals surface area contributed by atoms with E-state index in [2.05, 4.69) is 24.4 Å². The Balaban J connectivity index is 1.94. The average Bonchev–Trinajstić information content (AvgIpc) is 2.50. The largest absolute Gasteiger partial charge is 0.494 e. The van der Waals surface area contributed by atoms with Crippen LogP contribution in [0.3, 0.4) is 0 Å². The molecule has 0 saturated heterocycles. The normalized spacial score (nSPS) is 12.0. The predicted octanol–water partition coefficient (Wildman–Crippen LogP) is 4.02. The van der Waals surface area contributed by atoms with Crippen molar-refractivity contribution in [3.8, 4) is 5.75 Å². The summed E-state index contributed by atoms with van der Waals surface area (Å²) in [5, 5.41) is 3.24. The number of rotatable bonds is 6. The number of nitrogen functional groups attached to an aromatic ring is 1. The van der Waals surface area contributed by atoms with E-state index in [9.17, 15) is 4.39 Å². The zero-order valence-corrected chi connectivity index (χ0v) is 12.4. The lowest BCUT2D eigenvalue weighted by Crippen LogP contribution is -2.08. The number of benzene rings is 2. The van der Waals surface area contributed by atoms with Crippen molar-refractivity contribution in [1.29, 1.82) is 0 Å². The van der Waals surface area contributed by atoms with Crippen LogP contribution in [-0.4, -0.2) is 13.7 Å². The quantitative estimate of drug-likeness (QED) is 0.789. The second-order valence-corrected chi connectivity index (χ2v) is 5.10. The Labute approximate surface area is 124 Å². The second kappa shape index (κ2) is 6.97. The summed E-state index contributed by atoms with van der Waals surface area (Å²) in [6.45, 7) is 2.95. The van der Waals surface area contributed by atoms with Gasteiger partial charge < -0.3 is 15.8 Å². The molecular weight excluding hydrogens is 267 g/mol. The van der Waals surface area contributed by atoms with Crippen molar-refractivity contribution in [3.63, 3.8) is 0 Å². The molecule has 0 amide bonds. The highest BCUT2D eigenvalue weighted by Gasteiger charge is 2.09. The molecule has 3 N–H and O–H groups in total. The summed E-state index contributed by atoms with van der Waals surface area (Å²) in [6, 6.07) is 13.2. The fourth-order valence-corrected chi connectivity index (χ4v) is 2.25. The third kappa shape index (κ3) is 3.88. The summed E-state index contributed by atoms with van der Waals surface area (Å²) in [5.41, 5.74) is 8.22. The van der Waals surface area contributed by atoms with E-state index >= 15 is 0 Å². The molecule has 1 unspecified atom stereocenters. The van der Waals surface area contributed by atoms with E-state index in [-0.39, 0.29) is 5.75 Å². The van der Waals surface area contributed by atoms with Gasteiger partial charge in [0.25, 0.3) is 0 Å². The first kappa shape index (κ1) is 15.2. The standard InChI is InChI=1S/C17H21FN2O/c1-12(13-6-4-3-5-7-13)8-9-20-16-11-17(21-2)14(18)10-15(16)19/h3-7,10-12,20H,8-9,19H2,1-2H3. The van der Waals surface area contributed by atoms with Gasteiger partial charge in [-0.05, 0) is 17.9 Å². The maximum atomic E-state index is 13.5.